The van der Waals surface area contributed by atoms with Crippen molar-refractivity contribution in [3.63, 3.8) is 0 Å². The summed E-state index contributed by atoms with van der Waals surface area (Å²) in [4.78, 5) is 14.3. The topological polar surface area (TPSA) is 34.5 Å². The summed E-state index contributed by atoms with van der Waals surface area (Å²) in [5, 5.41) is 0. The number of amides is 1. The third kappa shape index (κ3) is 2.78. The van der Waals surface area contributed by atoms with Crippen LogP contribution in [-0.4, -0.2) is 41.7 Å². The van der Waals surface area contributed by atoms with Crippen molar-refractivity contribution in [3.05, 3.63) is 22.4 Å². The molecule has 1 aromatic heterocycles. The number of hydrogen-bond acceptors (Lipinski definition) is 2. The molecule has 0 atom stereocenters. The van der Waals surface area contributed by atoms with Crippen LogP contribution in [0.15, 0.2) is 16.7 Å². The van der Waals surface area contributed by atoms with E-state index in [4.69, 9.17) is 4.74 Å². The summed E-state index contributed by atoms with van der Waals surface area (Å²) < 4.78 is 8.26. The van der Waals surface area contributed by atoms with Crippen LogP contribution in [0.3, 0.4) is 0 Å². The van der Waals surface area contributed by atoms with Gasteiger partial charge in [-0.3, -0.25) is 4.79 Å². The van der Waals surface area contributed by atoms with Crippen molar-refractivity contribution in [2.24, 2.45) is 0 Å². The number of carbonyl (C=O) groups is 1. The fourth-order valence-electron chi connectivity index (χ4n) is 2.33. The molecule has 2 rings (SSSR count). The summed E-state index contributed by atoms with van der Waals surface area (Å²) in [6, 6.07) is 2.19. The lowest BCUT2D eigenvalue weighted by molar-refractivity contribution is 0.0356. The summed E-state index contributed by atoms with van der Waals surface area (Å²) in [7, 11) is 1.89. The zero-order valence-corrected chi connectivity index (χ0v) is 12.4. The second kappa shape index (κ2) is 5.89. The average Bonchev–Trinajstić information content (AvgIpc) is 2.79. The van der Waals surface area contributed by atoms with Gasteiger partial charge in [0.05, 0.1) is 0 Å². The Labute approximate surface area is 116 Å². The molecule has 0 unspecified atom stereocenters. The highest BCUT2D eigenvalue weighted by molar-refractivity contribution is 9.10. The van der Waals surface area contributed by atoms with Gasteiger partial charge in [-0.1, -0.05) is 0 Å². The molecule has 1 saturated heterocycles. The number of rotatable bonds is 3. The van der Waals surface area contributed by atoms with Gasteiger partial charge in [-0.25, -0.2) is 0 Å². The Balaban J connectivity index is 2.13. The third-order valence-corrected chi connectivity index (χ3v) is 3.92. The summed E-state index contributed by atoms with van der Waals surface area (Å²) in [5.41, 5.74) is 0.748. The molecule has 1 aliphatic rings. The van der Waals surface area contributed by atoms with E-state index in [9.17, 15) is 4.79 Å². The molecule has 0 aromatic carbocycles. The first-order valence-electron chi connectivity index (χ1n) is 6.34. The van der Waals surface area contributed by atoms with Crippen LogP contribution in [0.2, 0.25) is 0 Å². The number of hydrogen-bond donors (Lipinski definition) is 0. The van der Waals surface area contributed by atoms with Crippen molar-refractivity contribution < 1.29 is 9.53 Å². The highest BCUT2D eigenvalue weighted by Crippen LogP contribution is 2.19. The van der Waals surface area contributed by atoms with E-state index in [0.717, 1.165) is 42.8 Å². The number of halogens is 1. The predicted octanol–water partition coefficient (Wildman–Crippen LogP) is 2.52. The SMILES string of the molecule is CCn1cc(Br)cc1C(=O)N(C)C1CCOCC1. The van der Waals surface area contributed by atoms with Crippen molar-refractivity contribution in [1.82, 2.24) is 9.47 Å². The lowest BCUT2D eigenvalue weighted by Crippen LogP contribution is -2.41. The van der Waals surface area contributed by atoms with Crippen LogP contribution in [-0.2, 0) is 11.3 Å². The molecule has 2 heterocycles. The number of aromatic nitrogens is 1. The minimum Gasteiger partial charge on any atom is -0.381 e. The highest BCUT2D eigenvalue weighted by atomic mass is 79.9. The van der Waals surface area contributed by atoms with Gasteiger partial charge in [-0.15, -0.1) is 0 Å². The highest BCUT2D eigenvalue weighted by Gasteiger charge is 2.25. The van der Waals surface area contributed by atoms with Gasteiger partial charge in [0.25, 0.3) is 5.91 Å². The van der Waals surface area contributed by atoms with Gasteiger partial charge < -0.3 is 14.2 Å². The van der Waals surface area contributed by atoms with Gasteiger partial charge in [0.15, 0.2) is 0 Å². The molecule has 0 saturated carbocycles. The molecular formula is C13H19BrN2O2. The fraction of sp³-hybridized carbons (Fsp3) is 0.615. The van der Waals surface area contributed by atoms with E-state index >= 15 is 0 Å². The van der Waals surface area contributed by atoms with Gasteiger partial charge in [-0.2, -0.15) is 0 Å². The fourth-order valence-corrected chi connectivity index (χ4v) is 2.80. The van der Waals surface area contributed by atoms with E-state index in [1.165, 1.54) is 0 Å². The molecule has 1 aliphatic heterocycles. The van der Waals surface area contributed by atoms with E-state index in [0.29, 0.717) is 6.04 Å². The molecule has 18 heavy (non-hydrogen) atoms. The van der Waals surface area contributed by atoms with Crippen molar-refractivity contribution in [1.29, 1.82) is 0 Å². The minimum atomic E-state index is 0.0921. The average molecular weight is 315 g/mol. The Morgan fingerprint density at radius 3 is 2.83 bits per heavy atom. The molecule has 0 N–H and O–H groups in total. The van der Waals surface area contributed by atoms with Crippen LogP contribution in [0.1, 0.15) is 30.3 Å². The molecule has 0 aliphatic carbocycles. The number of aryl methyl sites for hydroxylation is 1. The van der Waals surface area contributed by atoms with Gasteiger partial charge in [0.2, 0.25) is 0 Å². The number of nitrogens with zero attached hydrogens (tertiary/aromatic N) is 2. The third-order valence-electron chi connectivity index (χ3n) is 3.48. The first-order valence-corrected chi connectivity index (χ1v) is 7.13. The number of carbonyl (C=O) groups excluding carboxylic acids is 1. The van der Waals surface area contributed by atoms with Crippen LogP contribution in [0, 0.1) is 0 Å². The Morgan fingerprint density at radius 2 is 2.22 bits per heavy atom. The van der Waals surface area contributed by atoms with Crippen LogP contribution in [0.25, 0.3) is 0 Å². The van der Waals surface area contributed by atoms with Gasteiger partial charge >= 0.3 is 0 Å². The van der Waals surface area contributed by atoms with Crippen LogP contribution in [0.4, 0.5) is 0 Å². The second-order valence-corrected chi connectivity index (χ2v) is 5.50. The first kappa shape index (κ1) is 13.6. The largest absolute Gasteiger partial charge is 0.381 e. The molecule has 0 bridgehead atoms. The maximum atomic E-state index is 12.5. The molecule has 1 amide bonds. The summed E-state index contributed by atoms with van der Waals surface area (Å²) in [6.07, 6.45) is 3.80. The molecule has 0 radical (unpaired) electrons. The van der Waals surface area contributed by atoms with Crippen molar-refractivity contribution >= 4 is 21.8 Å². The molecule has 5 heteroatoms. The van der Waals surface area contributed by atoms with Gasteiger partial charge in [0.1, 0.15) is 5.69 Å². The Bertz CT molecular complexity index is 425. The molecule has 1 aromatic rings. The lowest BCUT2D eigenvalue weighted by atomic mass is 10.1. The van der Waals surface area contributed by atoms with Crippen LogP contribution in [0.5, 0.6) is 0 Å². The zero-order valence-electron chi connectivity index (χ0n) is 10.9. The summed E-state index contributed by atoms with van der Waals surface area (Å²) in [6.45, 7) is 4.34. The Morgan fingerprint density at radius 1 is 1.56 bits per heavy atom. The zero-order chi connectivity index (χ0) is 13.1. The van der Waals surface area contributed by atoms with Crippen molar-refractivity contribution in [3.8, 4) is 0 Å². The maximum absolute atomic E-state index is 12.5. The van der Waals surface area contributed by atoms with Crippen molar-refractivity contribution in [2.45, 2.75) is 32.4 Å². The maximum Gasteiger partial charge on any atom is 0.270 e. The smallest absolute Gasteiger partial charge is 0.270 e. The van der Waals surface area contributed by atoms with E-state index in [-0.39, 0.29) is 5.91 Å². The van der Waals surface area contributed by atoms with Crippen LogP contribution < -0.4 is 0 Å². The van der Waals surface area contributed by atoms with E-state index in [1.54, 1.807) is 0 Å². The molecule has 0 spiro atoms. The molecule has 100 valence electrons. The Hall–Kier alpha value is -0.810. The second-order valence-electron chi connectivity index (χ2n) is 4.59. The Kier molecular flexibility index (Phi) is 4.45. The lowest BCUT2D eigenvalue weighted by Gasteiger charge is -2.31. The van der Waals surface area contributed by atoms with E-state index < -0.39 is 0 Å². The molecular weight excluding hydrogens is 296 g/mol. The number of ether oxygens (including phenoxy) is 1. The first-order chi connectivity index (χ1) is 8.63. The molecule has 4 nitrogen and oxygen atoms in total. The van der Waals surface area contributed by atoms with E-state index in [1.807, 2.05) is 35.7 Å². The summed E-state index contributed by atoms with van der Waals surface area (Å²) >= 11 is 3.43. The van der Waals surface area contributed by atoms with Gasteiger partial charge in [0, 0.05) is 43.5 Å². The van der Waals surface area contributed by atoms with E-state index in [2.05, 4.69) is 15.9 Å². The quantitative estimate of drug-likeness (QED) is 0.859. The molecule has 1 fully saturated rings. The van der Waals surface area contributed by atoms with Gasteiger partial charge in [-0.05, 0) is 41.8 Å². The summed E-state index contributed by atoms with van der Waals surface area (Å²) in [5.74, 6) is 0.0921. The normalized spacial score (nSPS) is 16.8. The minimum absolute atomic E-state index is 0.0921. The predicted molar refractivity (Wildman–Crippen MR) is 73.7 cm³/mol. The van der Waals surface area contributed by atoms with Crippen molar-refractivity contribution in [2.75, 3.05) is 20.3 Å². The van der Waals surface area contributed by atoms with Crippen LogP contribution >= 0.6 is 15.9 Å². The standard InChI is InChI=1S/C13H19BrN2O2/c1-3-16-9-10(14)8-12(16)13(17)15(2)11-4-6-18-7-5-11/h8-9,11H,3-7H2,1-2H3. The monoisotopic (exact) mass is 314 g/mol.